The summed E-state index contributed by atoms with van der Waals surface area (Å²) >= 11 is 0. The first kappa shape index (κ1) is 30.1. The molecule has 0 aliphatic carbocycles. The molecule has 0 aliphatic rings. The Morgan fingerprint density at radius 1 is 0.676 bits per heavy atom. The molecule has 1 rings (SSSR count). The van der Waals surface area contributed by atoms with Gasteiger partial charge >= 0.3 is 0 Å². The minimum Gasteiger partial charge on any atom is -0.502 e. The third-order valence-corrected chi connectivity index (χ3v) is 6.13. The lowest BCUT2D eigenvalue weighted by Gasteiger charge is -2.15. The van der Waals surface area contributed by atoms with Crippen LogP contribution in [0.5, 0.6) is 17.2 Å². The topological polar surface area (TPSA) is 67.8 Å². The molecular formula is C29H51NO4. The van der Waals surface area contributed by atoms with Gasteiger partial charge in [-0.1, -0.05) is 104 Å². The van der Waals surface area contributed by atoms with Gasteiger partial charge in [0.25, 0.3) is 5.91 Å². The zero-order valence-electron chi connectivity index (χ0n) is 22.3. The smallest absolute Gasteiger partial charge is 0.251 e. The normalized spacial score (nSPS) is 10.9. The molecule has 5 nitrogen and oxygen atoms in total. The fourth-order valence-electron chi connectivity index (χ4n) is 3.92. The predicted molar refractivity (Wildman–Crippen MR) is 142 cm³/mol. The van der Waals surface area contributed by atoms with E-state index >= 15 is 0 Å². The largest absolute Gasteiger partial charge is 0.502 e. The van der Waals surface area contributed by atoms with Gasteiger partial charge in [-0.25, -0.2) is 0 Å². The van der Waals surface area contributed by atoms with Crippen LogP contribution in [0.1, 0.15) is 134 Å². The van der Waals surface area contributed by atoms with Crippen LogP contribution in [0.3, 0.4) is 0 Å². The van der Waals surface area contributed by atoms with Gasteiger partial charge in [-0.05, 0) is 31.4 Å². The second-order valence-corrected chi connectivity index (χ2v) is 9.37. The van der Waals surface area contributed by atoms with Crippen molar-refractivity contribution in [3.63, 3.8) is 0 Å². The maximum atomic E-state index is 12.7. The van der Waals surface area contributed by atoms with Gasteiger partial charge < -0.3 is 19.9 Å². The molecule has 1 amide bonds. The Bertz CT molecular complexity index is 608. The Labute approximate surface area is 209 Å². The third kappa shape index (κ3) is 13.7. The van der Waals surface area contributed by atoms with Crippen molar-refractivity contribution >= 4 is 5.91 Å². The zero-order chi connectivity index (χ0) is 24.9. The number of phenols is 1. The third-order valence-electron chi connectivity index (χ3n) is 6.13. The van der Waals surface area contributed by atoms with Gasteiger partial charge in [-0.3, -0.25) is 4.79 Å². The summed E-state index contributed by atoms with van der Waals surface area (Å²) in [5.41, 5.74) is 0.476. The fourth-order valence-corrected chi connectivity index (χ4v) is 3.92. The average molecular weight is 478 g/mol. The van der Waals surface area contributed by atoms with Crippen LogP contribution in [0, 0.1) is 0 Å². The second-order valence-electron chi connectivity index (χ2n) is 9.37. The SMILES string of the molecule is CCCCCCCCOc1cc(C(=O)NCCCCCC)cc(OCCCCCCCC)c1O. The molecule has 0 unspecified atom stereocenters. The number of carbonyl (C=O) groups is 1. The average Bonchev–Trinajstić information content (AvgIpc) is 2.84. The molecule has 0 fully saturated rings. The van der Waals surface area contributed by atoms with Crippen LogP contribution in [0.25, 0.3) is 0 Å². The monoisotopic (exact) mass is 477 g/mol. The van der Waals surface area contributed by atoms with E-state index in [1.807, 2.05) is 0 Å². The van der Waals surface area contributed by atoms with Crippen LogP contribution < -0.4 is 14.8 Å². The molecule has 0 heterocycles. The van der Waals surface area contributed by atoms with Crippen LogP contribution in [0.15, 0.2) is 12.1 Å². The first-order valence-corrected chi connectivity index (χ1v) is 14.0. The van der Waals surface area contributed by atoms with Gasteiger partial charge in [0.1, 0.15) is 0 Å². The number of phenolic OH excluding ortho intramolecular Hbond substituents is 1. The molecule has 2 N–H and O–H groups in total. The van der Waals surface area contributed by atoms with Crippen LogP contribution in [-0.4, -0.2) is 30.8 Å². The number of nitrogens with one attached hydrogen (secondary N) is 1. The molecule has 0 saturated carbocycles. The molecule has 5 heteroatoms. The van der Waals surface area contributed by atoms with Crippen molar-refractivity contribution in [2.75, 3.05) is 19.8 Å². The lowest BCUT2D eigenvalue weighted by molar-refractivity contribution is 0.0951. The maximum Gasteiger partial charge on any atom is 0.251 e. The number of hydrogen-bond donors (Lipinski definition) is 2. The number of hydrogen-bond acceptors (Lipinski definition) is 4. The van der Waals surface area contributed by atoms with Crippen molar-refractivity contribution < 1.29 is 19.4 Å². The van der Waals surface area contributed by atoms with Crippen LogP contribution >= 0.6 is 0 Å². The van der Waals surface area contributed by atoms with Crippen molar-refractivity contribution in [2.45, 2.75) is 124 Å². The number of unbranched alkanes of at least 4 members (excludes halogenated alkanes) is 13. The Balaban J connectivity index is 2.68. The van der Waals surface area contributed by atoms with E-state index in [2.05, 4.69) is 26.1 Å². The summed E-state index contributed by atoms with van der Waals surface area (Å²) in [4.78, 5) is 12.7. The predicted octanol–water partition coefficient (Wildman–Crippen LogP) is 8.18. The van der Waals surface area contributed by atoms with Crippen molar-refractivity contribution in [2.24, 2.45) is 0 Å². The highest BCUT2D eigenvalue weighted by molar-refractivity contribution is 5.95. The van der Waals surface area contributed by atoms with Gasteiger partial charge in [0.2, 0.25) is 5.75 Å². The summed E-state index contributed by atoms with van der Waals surface area (Å²) in [5, 5.41) is 13.7. The summed E-state index contributed by atoms with van der Waals surface area (Å²) < 4.78 is 11.8. The van der Waals surface area contributed by atoms with E-state index in [0.29, 0.717) is 36.8 Å². The van der Waals surface area contributed by atoms with E-state index in [4.69, 9.17) is 9.47 Å². The lowest BCUT2D eigenvalue weighted by Crippen LogP contribution is -2.24. The minimum atomic E-state index is -0.148. The molecule has 0 radical (unpaired) electrons. The van der Waals surface area contributed by atoms with E-state index in [-0.39, 0.29) is 11.7 Å². The highest BCUT2D eigenvalue weighted by Crippen LogP contribution is 2.38. The Kier molecular flexibility index (Phi) is 18.1. The van der Waals surface area contributed by atoms with E-state index in [9.17, 15) is 9.90 Å². The van der Waals surface area contributed by atoms with Crippen LogP contribution in [-0.2, 0) is 0 Å². The number of ether oxygens (including phenoxy) is 2. The summed E-state index contributed by atoms with van der Waals surface area (Å²) in [6, 6.07) is 3.29. The number of benzene rings is 1. The molecule has 1 aromatic rings. The number of aromatic hydroxyl groups is 1. The number of carbonyl (C=O) groups excluding carboxylic acids is 1. The van der Waals surface area contributed by atoms with Crippen LogP contribution in [0.4, 0.5) is 0 Å². The van der Waals surface area contributed by atoms with Gasteiger partial charge in [-0.2, -0.15) is 0 Å². The van der Waals surface area contributed by atoms with Crippen LogP contribution in [0.2, 0.25) is 0 Å². The summed E-state index contributed by atoms with van der Waals surface area (Å²) in [7, 11) is 0. The first-order chi connectivity index (χ1) is 16.6. The zero-order valence-corrected chi connectivity index (χ0v) is 22.3. The van der Waals surface area contributed by atoms with E-state index < -0.39 is 0 Å². The van der Waals surface area contributed by atoms with Crippen molar-refractivity contribution in [1.82, 2.24) is 5.32 Å². The minimum absolute atomic E-state index is 0.00328. The molecule has 0 saturated heterocycles. The molecule has 0 atom stereocenters. The molecule has 0 bridgehead atoms. The van der Waals surface area contributed by atoms with E-state index in [1.54, 1.807) is 12.1 Å². The molecule has 1 aromatic carbocycles. The quantitative estimate of drug-likeness (QED) is 0.165. The first-order valence-electron chi connectivity index (χ1n) is 14.0. The second kappa shape index (κ2) is 20.5. The summed E-state index contributed by atoms with van der Waals surface area (Å²) in [5.74, 6) is 0.525. The molecular weight excluding hydrogens is 426 g/mol. The maximum absolute atomic E-state index is 12.7. The molecule has 34 heavy (non-hydrogen) atoms. The molecule has 0 aromatic heterocycles. The molecule has 0 aliphatic heterocycles. The summed E-state index contributed by atoms with van der Waals surface area (Å²) in [6.45, 7) is 8.31. The van der Waals surface area contributed by atoms with Gasteiger partial charge in [0, 0.05) is 12.1 Å². The highest BCUT2D eigenvalue weighted by atomic mass is 16.5. The van der Waals surface area contributed by atoms with Gasteiger partial charge in [0.05, 0.1) is 13.2 Å². The van der Waals surface area contributed by atoms with E-state index in [0.717, 1.165) is 38.5 Å². The van der Waals surface area contributed by atoms with Crippen molar-refractivity contribution in [3.8, 4) is 17.2 Å². The lowest BCUT2D eigenvalue weighted by atomic mass is 10.1. The number of amides is 1. The summed E-state index contributed by atoms with van der Waals surface area (Å²) in [6.07, 6.45) is 18.5. The van der Waals surface area contributed by atoms with Gasteiger partial charge in [0.15, 0.2) is 11.5 Å². The Morgan fingerprint density at radius 3 is 1.56 bits per heavy atom. The number of rotatable bonds is 22. The Morgan fingerprint density at radius 2 is 1.09 bits per heavy atom. The molecule has 0 spiro atoms. The fraction of sp³-hybridized carbons (Fsp3) is 0.759. The highest BCUT2D eigenvalue weighted by Gasteiger charge is 2.17. The Hall–Kier alpha value is -1.91. The van der Waals surface area contributed by atoms with Gasteiger partial charge in [-0.15, -0.1) is 0 Å². The standard InChI is InChI=1S/C29H51NO4/c1-4-7-10-13-15-18-21-33-26-23-25(29(32)30-20-17-12-9-6-3)24-27(28(26)31)34-22-19-16-14-11-8-5-2/h23-24,31H,4-22H2,1-3H3,(H,30,32). The molecule has 196 valence electrons. The van der Waals surface area contributed by atoms with Crippen molar-refractivity contribution in [3.05, 3.63) is 17.7 Å². The van der Waals surface area contributed by atoms with E-state index in [1.165, 1.54) is 64.2 Å². The van der Waals surface area contributed by atoms with Crippen molar-refractivity contribution in [1.29, 1.82) is 0 Å².